The molecule has 3 N–H and O–H groups in total. The van der Waals surface area contributed by atoms with Crippen molar-refractivity contribution in [2.75, 3.05) is 5.73 Å². The third-order valence-electron chi connectivity index (χ3n) is 4.09. The van der Waals surface area contributed by atoms with Crippen LogP contribution < -0.4 is 11.2 Å². The number of nitro groups is 1. The number of hydrazone groups is 1. The first-order valence-corrected chi connectivity index (χ1v) is 8.72. The molecule has 0 fully saturated rings. The van der Waals surface area contributed by atoms with Gasteiger partial charge >= 0.3 is 0 Å². The Hall–Kier alpha value is -4.94. The van der Waals surface area contributed by atoms with E-state index in [1.807, 2.05) is 6.07 Å². The number of nitro benzene ring substituents is 1. The van der Waals surface area contributed by atoms with E-state index in [-0.39, 0.29) is 23.0 Å². The average molecular weight is 419 g/mol. The Kier molecular flexibility index (Phi) is 5.13. The van der Waals surface area contributed by atoms with Crippen molar-refractivity contribution in [2.24, 2.45) is 5.10 Å². The van der Waals surface area contributed by atoms with Gasteiger partial charge < -0.3 is 5.73 Å². The number of nitrogens with zero attached hydrogens (tertiary/aromatic N) is 7. The van der Waals surface area contributed by atoms with Crippen LogP contribution in [0.5, 0.6) is 0 Å². The maximum absolute atomic E-state index is 12.7. The Labute approximate surface area is 173 Å². The van der Waals surface area contributed by atoms with Gasteiger partial charge in [0.2, 0.25) is 11.6 Å². The van der Waals surface area contributed by atoms with Crippen molar-refractivity contribution in [3.63, 3.8) is 0 Å². The van der Waals surface area contributed by atoms with E-state index >= 15 is 0 Å². The minimum atomic E-state index is -0.665. The highest BCUT2D eigenvalue weighted by molar-refractivity contribution is 5.98. The van der Waals surface area contributed by atoms with Crippen molar-refractivity contribution in [3.05, 3.63) is 76.0 Å². The predicted molar refractivity (Wildman–Crippen MR) is 107 cm³/mol. The molecule has 0 aliphatic carbocycles. The van der Waals surface area contributed by atoms with Crippen LogP contribution in [0.25, 0.3) is 17.1 Å². The number of non-ortho nitro benzene ring substituents is 1. The zero-order chi connectivity index (χ0) is 21.8. The van der Waals surface area contributed by atoms with Crippen LogP contribution in [0.1, 0.15) is 16.1 Å². The number of hydrogen-bond donors (Lipinski definition) is 2. The number of anilines is 1. The summed E-state index contributed by atoms with van der Waals surface area (Å²) in [6.07, 6.45) is 1.27. The quantitative estimate of drug-likeness (QED) is 0.266. The Morgan fingerprint density at radius 1 is 1.19 bits per heavy atom. The molecule has 4 aromatic rings. The number of amides is 1. The molecule has 13 nitrogen and oxygen atoms in total. The number of nitrogens with one attached hydrogen (secondary N) is 1. The third kappa shape index (κ3) is 3.95. The zero-order valence-corrected chi connectivity index (χ0v) is 15.6. The molecule has 0 unspecified atom stereocenters. The minimum absolute atomic E-state index is 0.0299. The van der Waals surface area contributed by atoms with Crippen molar-refractivity contribution in [1.82, 2.24) is 30.7 Å². The average Bonchev–Trinajstić information content (AvgIpc) is 3.40. The van der Waals surface area contributed by atoms with E-state index in [2.05, 4.69) is 35.8 Å². The molecule has 154 valence electrons. The predicted octanol–water partition coefficient (Wildman–Crippen LogP) is 1.57. The highest BCUT2D eigenvalue weighted by atomic mass is 16.6. The summed E-state index contributed by atoms with van der Waals surface area (Å²) >= 11 is 0. The molecular formula is C18H13N9O4. The van der Waals surface area contributed by atoms with Gasteiger partial charge in [-0.15, -0.1) is 5.10 Å². The first-order chi connectivity index (χ1) is 15.0. The van der Waals surface area contributed by atoms with Gasteiger partial charge in [0.15, 0.2) is 5.69 Å². The van der Waals surface area contributed by atoms with Gasteiger partial charge in [0.1, 0.15) is 5.69 Å². The first-order valence-electron chi connectivity index (χ1n) is 8.72. The number of nitrogens with two attached hydrogens (primary N) is 1. The Morgan fingerprint density at radius 3 is 2.71 bits per heavy atom. The van der Waals surface area contributed by atoms with Crippen LogP contribution in [-0.2, 0) is 0 Å². The minimum Gasteiger partial charge on any atom is -0.378 e. The SMILES string of the molecule is Nc1nonc1-n1nnc(C(=O)N/N=C\c2cccc([N+](=O)[O-])c2)c1-c1ccccc1. The number of rotatable bonds is 6. The fraction of sp³-hybridized carbons (Fsp3) is 0. The molecule has 0 radical (unpaired) electrons. The summed E-state index contributed by atoms with van der Waals surface area (Å²) < 4.78 is 5.85. The van der Waals surface area contributed by atoms with Crippen LogP contribution in [-0.4, -0.2) is 42.4 Å². The van der Waals surface area contributed by atoms with Crippen LogP contribution in [0.2, 0.25) is 0 Å². The maximum atomic E-state index is 12.7. The molecule has 13 heteroatoms. The van der Waals surface area contributed by atoms with E-state index in [1.54, 1.807) is 30.3 Å². The van der Waals surface area contributed by atoms with E-state index < -0.39 is 10.8 Å². The van der Waals surface area contributed by atoms with Crippen molar-refractivity contribution < 1.29 is 14.3 Å². The van der Waals surface area contributed by atoms with Gasteiger partial charge in [-0.3, -0.25) is 14.9 Å². The van der Waals surface area contributed by atoms with Gasteiger partial charge in [-0.2, -0.15) is 9.78 Å². The van der Waals surface area contributed by atoms with Gasteiger partial charge in [0, 0.05) is 23.3 Å². The van der Waals surface area contributed by atoms with Crippen LogP contribution >= 0.6 is 0 Å². The highest BCUT2D eigenvalue weighted by Gasteiger charge is 2.24. The summed E-state index contributed by atoms with van der Waals surface area (Å²) in [4.78, 5) is 23.1. The van der Waals surface area contributed by atoms with Gasteiger partial charge in [0.05, 0.1) is 11.1 Å². The molecule has 31 heavy (non-hydrogen) atoms. The lowest BCUT2D eigenvalue weighted by Crippen LogP contribution is -2.19. The van der Waals surface area contributed by atoms with Gasteiger partial charge in [-0.05, 0) is 10.3 Å². The second-order valence-electron chi connectivity index (χ2n) is 6.09. The largest absolute Gasteiger partial charge is 0.378 e. The number of carbonyl (C=O) groups excluding carboxylic acids is 1. The molecule has 2 aromatic heterocycles. The molecule has 1 amide bonds. The number of benzene rings is 2. The van der Waals surface area contributed by atoms with E-state index in [0.29, 0.717) is 16.8 Å². The normalized spacial score (nSPS) is 11.0. The Morgan fingerprint density at radius 2 is 2.00 bits per heavy atom. The molecule has 2 aromatic carbocycles. The van der Waals surface area contributed by atoms with Crippen molar-refractivity contribution in [2.45, 2.75) is 0 Å². The molecule has 4 rings (SSSR count). The van der Waals surface area contributed by atoms with E-state index in [9.17, 15) is 14.9 Å². The molecule has 0 bridgehead atoms. The summed E-state index contributed by atoms with van der Waals surface area (Å²) in [5, 5.41) is 29.8. The van der Waals surface area contributed by atoms with Gasteiger partial charge in [-0.25, -0.2) is 10.1 Å². The maximum Gasteiger partial charge on any atom is 0.294 e. The number of aromatic nitrogens is 5. The summed E-state index contributed by atoms with van der Waals surface area (Å²) in [5.41, 5.74) is 9.29. The topological polar surface area (TPSA) is 180 Å². The summed E-state index contributed by atoms with van der Waals surface area (Å²) in [6.45, 7) is 0. The summed E-state index contributed by atoms with van der Waals surface area (Å²) in [7, 11) is 0. The number of hydrogen-bond acceptors (Lipinski definition) is 10. The summed E-state index contributed by atoms with van der Waals surface area (Å²) in [5.74, 6) is -0.620. The van der Waals surface area contributed by atoms with E-state index in [0.717, 1.165) is 0 Å². The monoisotopic (exact) mass is 419 g/mol. The third-order valence-corrected chi connectivity index (χ3v) is 4.09. The van der Waals surface area contributed by atoms with Gasteiger partial charge in [0.25, 0.3) is 11.6 Å². The van der Waals surface area contributed by atoms with Crippen LogP contribution in [0.3, 0.4) is 0 Å². The van der Waals surface area contributed by atoms with Gasteiger partial charge in [-0.1, -0.05) is 47.7 Å². The standard InChI is InChI=1S/C18H13N9O4/c19-16-17(24-31-23-16)26-15(12-6-2-1-3-7-12)14(21-25-26)18(28)22-20-10-11-5-4-8-13(9-11)27(29)30/h1-10H,(H2,19,23)(H,22,28)/b20-10-. The van der Waals surface area contributed by atoms with Crippen molar-refractivity contribution in [1.29, 1.82) is 0 Å². The first kappa shape index (κ1) is 19.4. The van der Waals surface area contributed by atoms with E-state index in [4.69, 9.17) is 5.73 Å². The summed E-state index contributed by atoms with van der Waals surface area (Å²) in [6, 6.07) is 14.7. The number of nitrogen functional groups attached to an aromatic ring is 1. The molecule has 0 saturated heterocycles. The Bertz CT molecular complexity index is 1280. The number of carbonyl (C=O) groups is 1. The second-order valence-corrected chi connectivity index (χ2v) is 6.09. The van der Waals surface area contributed by atoms with E-state index in [1.165, 1.54) is 29.1 Å². The lowest BCUT2D eigenvalue weighted by Gasteiger charge is -2.05. The van der Waals surface area contributed by atoms with Crippen LogP contribution in [0.4, 0.5) is 11.5 Å². The molecule has 0 atom stereocenters. The molecule has 0 spiro atoms. The second kappa shape index (κ2) is 8.20. The van der Waals surface area contributed by atoms with Crippen LogP contribution in [0, 0.1) is 10.1 Å². The molecule has 2 heterocycles. The Balaban J connectivity index is 1.64. The lowest BCUT2D eigenvalue weighted by molar-refractivity contribution is -0.384. The van der Waals surface area contributed by atoms with Crippen molar-refractivity contribution >= 4 is 23.6 Å². The zero-order valence-electron chi connectivity index (χ0n) is 15.6. The highest BCUT2D eigenvalue weighted by Crippen LogP contribution is 2.26. The van der Waals surface area contributed by atoms with Crippen molar-refractivity contribution in [3.8, 4) is 17.1 Å². The fourth-order valence-electron chi connectivity index (χ4n) is 2.71. The molecule has 0 saturated carbocycles. The lowest BCUT2D eigenvalue weighted by atomic mass is 10.1. The van der Waals surface area contributed by atoms with Crippen LogP contribution in [0.15, 0.2) is 64.3 Å². The fourth-order valence-corrected chi connectivity index (χ4v) is 2.71. The smallest absolute Gasteiger partial charge is 0.294 e. The molecule has 0 aliphatic rings. The molecular weight excluding hydrogens is 406 g/mol. The molecule has 0 aliphatic heterocycles.